The summed E-state index contributed by atoms with van der Waals surface area (Å²) in [6.45, 7) is 21.3. The van der Waals surface area contributed by atoms with Crippen molar-refractivity contribution in [3.05, 3.63) is 94.3 Å². The van der Waals surface area contributed by atoms with Crippen molar-refractivity contribution in [1.29, 1.82) is 0 Å². The van der Waals surface area contributed by atoms with E-state index in [1.807, 2.05) is 0 Å². The van der Waals surface area contributed by atoms with Crippen molar-refractivity contribution in [2.75, 3.05) is 6.54 Å². The average Bonchev–Trinajstić information content (AvgIpc) is 2.81. The number of allylic oxidation sites excluding steroid dienone is 2. The highest BCUT2D eigenvalue weighted by Crippen LogP contribution is 2.44. The van der Waals surface area contributed by atoms with E-state index < -0.39 is 0 Å². The summed E-state index contributed by atoms with van der Waals surface area (Å²) in [4.78, 5) is 2.63. The van der Waals surface area contributed by atoms with E-state index in [-0.39, 0.29) is 5.54 Å². The topological polar surface area (TPSA) is 15.3 Å². The maximum Gasteiger partial charge on any atom is 0.0572 e. The molecule has 3 atom stereocenters. The summed E-state index contributed by atoms with van der Waals surface area (Å²) >= 11 is 0. The summed E-state index contributed by atoms with van der Waals surface area (Å²) in [5, 5.41) is 3.96. The molecule has 0 spiro atoms. The second kappa shape index (κ2) is 10.0. The van der Waals surface area contributed by atoms with Crippen molar-refractivity contribution < 1.29 is 0 Å². The molecule has 3 unspecified atom stereocenters. The molecule has 0 amide bonds. The van der Waals surface area contributed by atoms with Gasteiger partial charge in [0.15, 0.2) is 0 Å². The van der Waals surface area contributed by atoms with Gasteiger partial charge in [0.05, 0.1) is 5.54 Å². The van der Waals surface area contributed by atoms with E-state index in [2.05, 4.69) is 94.4 Å². The third-order valence-corrected chi connectivity index (χ3v) is 8.78. The van der Waals surface area contributed by atoms with Crippen LogP contribution < -0.4 is 5.32 Å². The van der Waals surface area contributed by atoms with Gasteiger partial charge in [-0.3, -0.25) is 0 Å². The van der Waals surface area contributed by atoms with Gasteiger partial charge in [0.2, 0.25) is 0 Å². The quantitative estimate of drug-likeness (QED) is 0.424. The van der Waals surface area contributed by atoms with Crippen molar-refractivity contribution in [1.82, 2.24) is 10.2 Å². The lowest BCUT2D eigenvalue weighted by molar-refractivity contribution is -0.00521. The van der Waals surface area contributed by atoms with Crippen molar-refractivity contribution in [3.8, 4) is 0 Å². The Kier molecular flexibility index (Phi) is 7.26. The number of nitrogens with one attached hydrogen (secondary N) is 1. The third-order valence-electron chi connectivity index (χ3n) is 8.78. The number of rotatable bonds is 9. The van der Waals surface area contributed by atoms with Gasteiger partial charge in [-0.2, -0.15) is 0 Å². The molecular weight excluding hydrogens is 412 g/mol. The van der Waals surface area contributed by atoms with Gasteiger partial charge in [-0.1, -0.05) is 56.5 Å². The van der Waals surface area contributed by atoms with E-state index >= 15 is 0 Å². The summed E-state index contributed by atoms with van der Waals surface area (Å²) in [7, 11) is 0. The lowest BCUT2D eigenvalue weighted by Gasteiger charge is -2.58. The number of benzene rings is 2. The van der Waals surface area contributed by atoms with Gasteiger partial charge < -0.3 is 10.2 Å². The van der Waals surface area contributed by atoms with Gasteiger partial charge in [0.1, 0.15) is 0 Å². The largest absolute Gasteiger partial charge is 0.381 e. The van der Waals surface area contributed by atoms with Gasteiger partial charge in [-0.05, 0) is 112 Å². The maximum absolute atomic E-state index is 4.55. The van der Waals surface area contributed by atoms with E-state index in [1.54, 1.807) is 0 Å². The Morgan fingerprint density at radius 1 is 0.912 bits per heavy atom. The van der Waals surface area contributed by atoms with Crippen LogP contribution in [0, 0.1) is 33.6 Å². The van der Waals surface area contributed by atoms with Crippen molar-refractivity contribution >= 4 is 0 Å². The Bertz CT molecular complexity index is 1060. The number of hydrogen-bond donors (Lipinski definition) is 1. The van der Waals surface area contributed by atoms with Crippen LogP contribution in [0.4, 0.5) is 0 Å². The van der Waals surface area contributed by atoms with Gasteiger partial charge in [-0.25, -0.2) is 0 Å². The van der Waals surface area contributed by atoms with Crippen molar-refractivity contribution in [2.45, 2.75) is 91.1 Å². The minimum atomic E-state index is 0.123. The molecule has 2 heteroatoms. The standard InChI is InChI=1S/C32H44N2/c1-22-8-12-29(18-24(22)3)14-10-27(6)33-32-17-16-31(20-26(32)5)34(21-32)28(7)11-15-30-13-9-23(2)25(4)19-30/h8-9,12-13,18-19,26,31,33H,6-7,10-11,14-17,20-21H2,1-5H3. The lowest BCUT2D eigenvalue weighted by Crippen LogP contribution is -2.67. The Balaban J connectivity index is 1.36. The van der Waals surface area contributed by atoms with Crippen LogP contribution >= 0.6 is 0 Å². The van der Waals surface area contributed by atoms with Gasteiger partial charge in [0.25, 0.3) is 0 Å². The molecule has 2 aliphatic heterocycles. The molecule has 2 nitrogen and oxygen atoms in total. The number of hydrogen-bond acceptors (Lipinski definition) is 2. The summed E-state index contributed by atoms with van der Waals surface area (Å²) in [6.07, 6.45) is 7.90. The smallest absolute Gasteiger partial charge is 0.0572 e. The molecule has 2 heterocycles. The molecule has 1 aliphatic carbocycles. The third kappa shape index (κ3) is 5.27. The first-order valence-corrected chi connectivity index (χ1v) is 13.2. The molecule has 0 aromatic heterocycles. The number of nitrogens with zero attached hydrogens (tertiary/aromatic N) is 1. The summed E-state index contributed by atoms with van der Waals surface area (Å²) in [5.41, 5.74) is 10.9. The minimum Gasteiger partial charge on any atom is -0.381 e. The molecule has 3 aliphatic rings. The van der Waals surface area contributed by atoms with Gasteiger partial charge in [0, 0.05) is 24.0 Å². The fraction of sp³-hybridized carbons (Fsp3) is 0.500. The highest BCUT2D eigenvalue weighted by Gasteiger charge is 2.49. The summed E-state index contributed by atoms with van der Waals surface area (Å²) in [6, 6.07) is 14.4. The zero-order valence-corrected chi connectivity index (χ0v) is 22.1. The molecule has 34 heavy (non-hydrogen) atoms. The van der Waals surface area contributed by atoms with Crippen LogP contribution in [-0.4, -0.2) is 23.0 Å². The zero-order valence-electron chi connectivity index (χ0n) is 22.1. The Hall–Kier alpha value is -2.48. The molecule has 182 valence electrons. The second-order valence-corrected chi connectivity index (χ2v) is 11.2. The monoisotopic (exact) mass is 456 g/mol. The van der Waals surface area contributed by atoms with Crippen LogP contribution in [0.3, 0.4) is 0 Å². The fourth-order valence-electron chi connectivity index (χ4n) is 6.03. The Morgan fingerprint density at radius 2 is 1.50 bits per heavy atom. The number of piperidine rings is 2. The first-order valence-electron chi connectivity index (χ1n) is 13.2. The fourth-order valence-corrected chi connectivity index (χ4v) is 6.03. The molecule has 1 saturated carbocycles. The van der Waals surface area contributed by atoms with Gasteiger partial charge >= 0.3 is 0 Å². The van der Waals surface area contributed by atoms with E-state index in [1.165, 1.54) is 64.0 Å². The predicted octanol–water partition coefficient (Wildman–Crippen LogP) is 7.35. The molecule has 0 radical (unpaired) electrons. The van der Waals surface area contributed by atoms with Gasteiger partial charge in [-0.15, -0.1) is 0 Å². The molecule has 2 aromatic rings. The van der Waals surface area contributed by atoms with Crippen LogP contribution in [0.1, 0.15) is 72.4 Å². The molecule has 1 N–H and O–H groups in total. The summed E-state index contributed by atoms with van der Waals surface area (Å²) in [5.74, 6) is 0.661. The van der Waals surface area contributed by atoms with Crippen LogP contribution in [0.5, 0.6) is 0 Å². The first-order chi connectivity index (χ1) is 16.2. The van der Waals surface area contributed by atoms with Crippen LogP contribution in [0.15, 0.2) is 61.0 Å². The van der Waals surface area contributed by atoms with E-state index in [9.17, 15) is 0 Å². The summed E-state index contributed by atoms with van der Waals surface area (Å²) < 4.78 is 0. The first kappa shape index (κ1) is 24.6. The zero-order chi connectivity index (χ0) is 24.5. The highest BCUT2D eigenvalue weighted by molar-refractivity contribution is 5.31. The SMILES string of the molecule is C=C(CCc1ccc(C)c(C)c1)NC12CCC(CC1C)N(C(=C)CCc1ccc(C)c(C)c1)C2. The average molecular weight is 457 g/mol. The van der Waals surface area contributed by atoms with Crippen LogP contribution in [-0.2, 0) is 12.8 Å². The van der Waals surface area contributed by atoms with E-state index in [0.717, 1.165) is 32.2 Å². The molecule has 2 saturated heterocycles. The van der Waals surface area contributed by atoms with Crippen molar-refractivity contribution in [2.24, 2.45) is 5.92 Å². The van der Waals surface area contributed by atoms with Crippen LogP contribution in [0.2, 0.25) is 0 Å². The predicted molar refractivity (Wildman–Crippen MR) is 146 cm³/mol. The highest BCUT2D eigenvalue weighted by atomic mass is 15.2. The van der Waals surface area contributed by atoms with Crippen LogP contribution in [0.25, 0.3) is 0 Å². The number of fused-ring (bicyclic) bond motifs is 3. The maximum atomic E-state index is 4.55. The van der Waals surface area contributed by atoms with Crippen molar-refractivity contribution in [3.63, 3.8) is 0 Å². The molecule has 5 rings (SSSR count). The Morgan fingerprint density at radius 3 is 2.06 bits per heavy atom. The van der Waals surface area contributed by atoms with E-state index in [4.69, 9.17) is 0 Å². The Labute approximate surface area is 208 Å². The number of aryl methyl sites for hydroxylation is 6. The van der Waals surface area contributed by atoms with E-state index in [0.29, 0.717) is 12.0 Å². The second-order valence-electron chi connectivity index (χ2n) is 11.2. The minimum absolute atomic E-state index is 0.123. The molecule has 2 bridgehead atoms. The molecule has 3 fully saturated rings. The lowest BCUT2D eigenvalue weighted by atomic mass is 9.66. The normalized spacial score (nSPS) is 23.7. The molecular formula is C32H44N2. The molecule has 2 aromatic carbocycles.